The summed E-state index contributed by atoms with van der Waals surface area (Å²) in [7, 11) is 0. The molecule has 0 aliphatic heterocycles. The summed E-state index contributed by atoms with van der Waals surface area (Å²) in [4.78, 5) is 17.7. The molecule has 0 fully saturated rings. The summed E-state index contributed by atoms with van der Waals surface area (Å²) >= 11 is 5.56. The predicted octanol–water partition coefficient (Wildman–Crippen LogP) is 2.36. The van der Waals surface area contributed by atoms with Gasteiger partial charge in [-0.2, -0.15) is 0 Å². The van der Waals surface area contributed by atoms with Crippen LogP contribution in [-0.2, 0) is 11.8 Å². The van der Waals surface area contributed by atoms with Crippen molar-refractivity contribution in [2.45, 2.75) is 27.2 Å². The molecule has 0 heterocycles. The van der Waals surface area contributed by atoms with Crippen molar-refractivity contribution < 1.29 is 9.79 Å². The van der Waals surface area contributed by atoms with Crippen molar-refractivity contribution in [3.63, 3.8) is 0 Å². The van der Waals surface area contributed by atoms with E-state index in [9.17, 15) is 0 Å². The van der Waals surface area contributed by atoms with Gasteiger partial charge in [0.2, 0.25) is 5.69 Å². The van der Waals surface area contributed by atoms with Gasteiger partial charge in [0.15, 0.2) is 0 Å². The predicted molar refractivity (Wildman–Crippen MR) is 55.3 cm³/mol. The first-order chi connectivity index (χ1) is 4.71. The van der Waals surface area contributed by atoms with E-state index in [1.165, 1.54) is 0 Å². The molecule has 0 aromatic rings. The Morgan fingerprint density at radius 2 is 1.82 bits per heavy atom. The van der Waals surface area contributed by atoms with Gasteiger partial charge in [0.1, 0.15) is 0 Å². The second-order valence-electron chi connectivity index (χ2n) is 3.63. The van der Waals surface area contributed by atoms with Crippen LogP contribution in [0.2, 0.25) is 0 Å². The number of hydrogen-bond acceptors (Lipinski definition) is 2. The lowest BCUT2D eigenvalue weighted by molar-refractivity contribution is 0.401. The van der Waals surface area contributed by atoms with Gasteiger partial charge in [0.05, 0.1) is 0 Å². The molecule has 0 aromatic heterocycles. The quantitative estimate of drug-likeness (QED) is 0.708. The molecule has 0 unspecified atom stereocenters. The zero-order chi connectivity index (χ0) is 9.12. The molecular weight excluding hydrogens is 199 g/mol. The van der Waals surface area contributed by atoms with Gasteiger partial charge in [0, 0.05) is 5.75 Å². The van der Waals surface area contributed by atoms with Gasteiger partial charge in [-0.1, -0.05) is 32.2 Å². The van der Waals surface area contributed by atoms with E-state index in [0.29, 0.717) is 0 Å². The van der Waals surface area contributed by atoms with Gasteiger partial charge in [-0.15, -0.1) is 0 Å². The maximum absolute atomic E-state index is 8.86. The molecule has 5 heteroatoms. The molecule has 0 amide bonds. The van der Waals surface area contributed by atoms with Crippen LogP contribution in [0.5, 0.6) is 0 Å². The second-order valence-corrected chi connectivity index (χ2v) is 9.81. The Balaban J connectivity index is 3.52. The lowest BCUT2D eigenvalue weighted by atomic mass is 9.94. The number of rotatable bonds is 3. The van der Waals surface area contributed by atoms with Gasteiger partial charge in [-0.3, -0.25) is 0 Å². The minimum Gasteiger partial charge on any atom is -0.338 e. The van der Waals surface area contributed by atoms with Crippen molar-refractivity contribution in [3.05, 3.63) is 0 Å². The van der Waals surface area contributed by atoms with Gasteiger partial charge in [-0.25, -0.2) is 0 Å². The summed E-state index contributed by atoms with van der Waals surface area (Å²) in [6, 6.07) is 0. The first-order valence-electron chi connectivity index (χ1n) is 3.41. The van der Waals surface area contributed by atoms with Gasteiger partial charge < -0.3 is 9.79 Å². The Morgan fingerprint density at radius 3 is 2.09 bits per heavy atom. The Morgan fingerprint density at radius 1 is 1.36 bits per heavy atom. The van der Waals surface area contributed by atoms with Gasteiger partial charge >= 0.3 is 0 Å². The largest absolute Gasteiger partial charge is 0.338 e. The van der Waals surface area contributed by atoms with Crippen LogP contribution in [0, 0.1) is 5.41 Å². The summed E-state index contributed by atoms with van der Waals surface area (Å²) in [5.74, 6) is 0.730. The molecule has 0 bridgehead atoms. The summed E-state index contributed by atoms with van der Waals surface area (Å²) in [6.07, 6.45) is 0.956. The summed E-state index contributed by atoms with van der Waals surface area (Å²) in [5, 5.41) is 0. The molecule has 2 N–H and O–H groups in total. The molecular formula is C6H15O2PS2. The van der Waals surface area contributed by atoms with Crippen molar-refractivity contribution >= 4 is 28.9 Å². The highest BCUT2D eigenvalue weighted by molar-refractivity contribution is 8.67. The zero-order valence-corrected chi connectivity index (χ0v) is 9.60. The topological polar surface area (TPSA) is 40.5 Å². The fourth-order valence-corrected chi connectivity index (χ4v) is 3.07. The highest BCUT2D eigenvalue weighted by Gasteiger charge is 2.13. The standard InChI is InChI=1S/C6H15O2PS2/c1-6(2,3)4-5-11-9(7,8)10/h4-5H2,1-3H3,(H2,7,8,10). The van der Waals surface area contributed by atoms with Crippen molar-refractivity contribution in [1.29, 1.82) is 0 Å². The molecule has 0 rings (SSSR count). The van der Waals surface area contributed by atoms with Crippen molar-refractivity contribution in [1.82, 2.24) is 0 Å². The van der Waals surface area contributed by atoms with Crippen molar-refractivity contribution in [2.75, 3.05) is 5.75 Å². The third-order valence-electron chi connectivity index (χ3n) is 1.11. The summed E-state index contributed by atoms with van der Waals surface area (Å²) < 4.78 is 0. The molecule has 0 saturated carbocycles. The van der Waals surface area contributed by atoms with Gasteiger partial charge in [0.25, 0.3) is 0 Å². The third kappa shape index (κ3) is 10.9. The van der Waals surface area contributed by atoms with Crippen LogP contribution in [0.1, 0.15) is 27.2 Å². The van der Waals surface area contributed by atoms with Crippen LogP contribution in [0.4, 0.5) is 0 Å². The second kappa shape index (κ2) is 4.24. The number of hydrogen-bond donors (Lipinski definition) is 2. The Kier molecular flexibility index (Phi) is 4.59. The SMILES string of the molecule is CC(C)(C)CCSP(O)(O)=S. The average molecular weight is 214 g/mol. The molecule has 0 aliphatic carbocycles. The molecule has 0 atom stereocenters. The molecule has 2 nitrogen and oxygen atoms in total. The lowest BCUT2D eigenvalue weighted by Gasteiger charge is -2.17. The van der Waals surface area contributed by atoms with Crippen LogP contribution in [0.25, 0.3) is 0 Å². The van der Waals surface area contributed by atoms with E-state index in [0.717, 1.165) is 23.6 Å². The van der Waals surface area contributed by atoms with E-state index in [1.54, 1.807) is 0 Å². The Hall–Kier alpha value is 0.920. The average Bonchev–Trinajstić information content (AvgIpc) is 1.55. The zero-order valence-electron chi connectivity index (χ0n) is 7.07. The maximum Gasteiger partial charge on any atom is 0.242 e. The minimum atomic E-state index is -3.00. The van der Waals surface area contributed by atoms with Crippen LogP contribution in [0.3, 0.4) is 0 Å². The van der Waals surface area contributed by atoms with E-state index in [1.807, 2.05) is 0 Å². The summed E-state index contributed by atoms with van der Waals surface area (Å²) in [6.45, 7) is 6.35. The monoisotopic (exact) mass is 214 g/mol. The van der Waals surface area contributed by atoms with Crippen LogP contribution in [0.15, 0.2) is 0 Å². The fraction of sp³-hybridized carbons (Fsp3) is 1.00. The smallest absolute Gasteiger partial charge is 0.242 e. The van der Waals surface area contributed by atoms with E-state index in [2.05, 4.69) is 32.6 Å². The minimum absolute atomic E-state index is 0.248. The van der Waals surface area contributed by atoms with Gasteiger partial charge in [-0.05, 0) is 23.6 Å². The van der Waals surface area contributed by atoms with Crippen molar-refractivity contribution in [3.8, 4) is 0 Å². The van der Waals surface area contributed by atoms with E-state index in [-0.39, 0.29) is 5.41 Å². The molecule has 0 radical (unpaired) electrons. The van der Waals surface area contributed by atoms with Crippen LogP contribution < -0.4 is 0 Å². The third-order valence-corrected chi connectivity index (χ3v) is 4.34. The first kappa shape index (κ1) is 11.9. The lowest BCUT2D eigenvalue weighted by Crippen LogP contribution is -2.05. The molecule has 0 aliphatic rings. The molecule has 68 valence electrons. The van der Waals surface area contributed by atoms with Crippen LogP contribution >= 0.6 is 17.1 Å². The normalized spacial score (nSPS) is 13.5. The fourth-order valence-electron chi connectivity index (χ4n) is 0.471. The highest BCUT2D eigenvalue weighted by atomic mass is 32.9. The van der Waals surface area contributed by atoms with E-state index < -0.39 is 5.69 Å². The highest BCUT2D eigenvalue weighted by Crippen LogP contribution is 2.51. The first-order valence-corrected chi connectivity index (χ1v) is 7.71. The van der Waals surface area contributed by atoms with Crippen LogP contribution in [-0.4, -0.2) is 15.5 Å². The van der Waals surface area contributed by atoms with E-state index in [4.69, 9.17) is 9.79 Å². The molecule has 0 spiro atoms. The molecule has 0 saturated heterocycles. The Labute approximate surface area is 77.3 Å². The Bertz CT molecular complexity index is 158. The van der Waals surface area contributed by atoms with Crippen molar-refractivity contribution in [2.24, 2.45) is 5.41 Å². The molecule has 0 aromatic carbocycles. The van der Waals surface area contributed by atoms with E-state index >= 15 is 0 Å². The summed E-state index contributed by atoms with van der Waals surface area (Å²) in [5.41, 5.74) is -2.75. The molecule has 11 heavy (non-hydrogen) atoms. The maximum atomic E-state index is 8.86.